The zero-order chi connectivity index (χ0) is 7.61. The molecule has 0 N–H and O–H groups in total. The van der Waals surface area contributed by atoms with Crippen LogP contribution in [0.25, 0.3) is 0 Å². The number of carbonyl (C=O) groups is 1. The average molecular weight is 144 g/mol. The van der Waals surface area contributed by atoms with Crippen molar-refractivity contribution in [2.24, 2.45) is 0 Å². The highest BCUT2D eigenvalue weighted by atomic mass is 16.7. The van der Waals surface area contributed by atoms with Crippen LogP contribution in [0, 0.1) is 0 Å². The molecule has 0 saturated carbocycles. The molecule has 1 fully saturated rings. The number of aldehydes is 1. The van der Waals surface area contributed by atoms with Gasteiger partial charge in [-0.1, -0.05) is 6.92 Å². The fourth-order valence-electron chi connectivity index (χ4n) is 0.899. The van der Waals surface area contributed by atoms with Gasteiger partial charge in [0.05, 0.1) is 6.61 Å². The molecule has 1 heterocycles. The van der Waals surface area contributed by atoms with Gasteiger partial charge in [-0.3, -0.25) is 0 Å². The minimum Gasteiger partial charge on any atom is -0.347 e. The van der Waals surface area contributed by atoms with E-state index in [9.17, 15) is 4.79 Å². The smallest absolute Gasteiger partial charge is 0.166 e. The number of carbonyl (C=O) groups excluding carboxylic acids is 1. The van der Waals surface area contributed by atoms with Gasteiger partial charge in [-0.25, -0.2) is 0 Å². The maximum atomic E-state index is 10.2. The lowest BCUT2D eigenvalue weighted by molar-refractivity contribution is -0.158. The first-order chi connectivity index (χ1) is 4.70. The summed E-state index contributed by atoms with van der Waals surface area (Å²) in [6.45, 7) is 4.21. The summed E-state index contributed by atoms with van der Waals surface area (Å²) in [5.74, 6) is -0.522. The minimum atomic E-state index is -0.522. The van der Waals surface area contributed by atoms with Crippen LogP contribution in [0.2, 0.25) is 0 Å². The van der Waals surface area contributed by atoms with Gasteiger partial charge in [0, 0.05) is 0 Å². The van der Waals surface area contributed by atoms with E-state index in [2.05, 4.69) is 0 Å². The van der Waals surface area contributed by atoms with Crippen molar-refractivity contribution in [2.45, 2.75) is 32.2 Å². The molecule has 10 heavy (non-hydrogen) atoms. The van der Waals surface area contributed by atoms with Gasteiger partial charge in [-0.2, -0.15) is 0 Å². The Labute approximate surface area is 60.3 Å². The highest BCUT2D eigenvalue weighted by Crippen LogP contribution is 2.24. The molecule has 1 saturated heterocycles. The van der Waals surface area contributed by atoms with Gasteiger partial charge < -0.3 is 14.3 Å². The molecule has 0 aromatic carbocycles. The van der Waals surface area contributed by atoms with Crippen LogP contribution in [-0.4, -0.2) is 24.8 Å². The second-order valence-electron chi connectivity index (χ2n) is 2.59. The molecule has 1 aliphatic rings. The van der Waals surface area contributed by atoms with E-state index in [1.54, 1.807) is 0 Å². The Balaban J connectivity index is 2.48. The van der Waals surface area contributed by atoms with Crippen LogP contribution in [0.1, 0.15) is 20.3 Å². The van der Waals surface area contributed by atoms with Crippen LogP contribution in [0.15, 0.2) is 0 Å². The van der Waals surface area contributed by atoms with Crippen molar-refractivity contribution in [2.75, 3.05) is 6.61 Å². The van der Waals surface area contributed by atoms with E-state index in [4.69, 9.17) is 9.47 Å². The highest BCUT2D eigenvalue weighted by molar-refractivity contribution is 5.56. The number of rotatable bonds is 2. The molecule has 1 aliphatic heterocycles. The summed E-state index contributed by atoms with van der Waals surface area (Å²) < 4.78 is 10.5. The van der Waals surface area contributed by atoms with Gasteiger partial charge in [0.15, 0.2) is 12.1 Å². The summed E-state index contributed by atoms with van der Waals surface area (Å²) >= 11 is 0. The zero-order valence-corrected chi connectivity index (χ0v) is 6.29. The van der Waals surface area contributed by atoms with Crippen molar-refractivity contribution < 1.29 is 14.3 Å². The normalized spacial score (nSPS) is 40.0. The molecule has 58 valence electrons. The Morgan fingerprint density at radius 2 is 2.50 bits per heavy atom. The Hall–Kier alpha value is -0.410. The van der Waals surface area contributed by atoms with Crippen LogP contribution in [0.5, 0.6) is 0 Å². The second-order valence-corrected chi connectivity index (χ2v) is 2.59. The number of hydrogen-bond donors (Lipinski definition) is 0. The van der Waals surface area contributed by atoms with Crippen molar-refractivity contribution in [3.05, 3.63) is 0 Å². The van der Waals surface area contributed by atoms with Crippen LogP contribution in [0.4, 0.5) is 0 Å². The van der Waals surface area contributed by atoms with Crippen molar-refractivity contribution in [1.29, 1.82) is 0 Å². The third kappa shape index (κ3) is 1.36. The molecule has 0 aromatic heterocycles. The molecule has 0 radical (unpaired) electrons. The quantitative estimate of drug-likeness (QED) is 0.536. The summed E-state index contributed by atoms with van der Waals surface area (Å²) in [6, 6.07) is 0. The Bertz CT molecular complexity index is 135. The van der Waals surface area contributed by atoms with Crippen LogP contribution < -0.4 is 0 Å². The molecule has 3 heteroatoms. The van der Waals surface area contributed by atoms with E-state index >= 15 is 0 Å². The van der Waals surface area contributed by atoms with Crippen LogP contribution in [-0.2, 0) is 14.3 Å². The van der Waals surface area contributed by atoms with E-state index in [1.165, 1.54) is 0 Å². The van der Waals surface area contributed by atoms with Gasteiger partial charge >= 0.3 is 0 Å². The monoisotopic (exact) mass is 144 g/mol. The van der Waals surface area contributed by atoms with E-state index in [0.29, 0.717) is 6.61 Å². The summed E-state index contributed by atoms with van der Waals surface area (Å²) in [4.78, 5) is 10.2. The maximum absolute atomic E-state index is 10.2. The second kappa shape index (κ2) is 2.68. The lowest BCUT2D eigenvalue weighted by Gasteiger charge is -2.19. The minimum absolute atomic E-state index is 0.357. The predicted octanol–water partition coefficient (Wildman–Crippen LogP) is 0.727. The third-order valence-corrected chi connectivity index (χ3v) is 1.75. The van der Waals surface area contributed by atoms with Crippen molar-refractivity contribution in [3.8, 4) is 0 Å². The molecule has 0 spiro atoms. The summed E-state index contributed by atoms with van der Waals surface area (Å²) in [6.07, 6.45) is 1.20. The predicted molar refractivity (Wildman–Crippen MR) is 35.6 cm³/mol. The summed E-state index contributed by atoms with van der Waals surface area (Å²) in [5, 5.41) is 0. The SMILES string of the molecule is CCC1(C)OC[C@@H](C=O)O1. The standard InChI is InChI=1S/C7H12O3/c1-3-7(2)9-5-6(4-8)10-7/h4,6H,3,5H2,1-2H3/t6-,7?/m1/s1. The molecule has 0 bridgehead atoms. The number of ether oxygens (including phenoxy) is 2. The Morgan fingerprint density at radius 3 is 2.80 bits per heavy atom. The van der Waals surface area contributed by atoms with Crippen LogP contribution in [0.3, 0.4) is 0 Å². The first kappa shape index (κ1) is 7.69. The average Bonchev–Trinajstić information content (AvgIpc) is 2.33. The third-order valence-electron chi connectivity index (χ3n) is 1.75. The molecule has 2 atom stereocenters. The fraction of sp³-hybridized carbons (Fsp3) is 0.857. The van der Waals surface area contributed by atoms with Gasteiger partial charge in [0.1, 0.15) is 6.10 Å². The van der Waals surface area contributed by atoms with Gasteiger partial charge in [-0.15, -0.1) is 0 Å². The van der Waals surface area contributed by atoms with Crippen molar-refractivity contribution >= 4 is 6.29 Å². The molecule has 0 amide bonds. The molecule has 1 rings (SSSR count). The lowest BCUT2D eigenvalue weighted by Crippen LogP contribution is -2.25. The molecular weight excluding hydrogens is 132 g/mol. The first-order valence-electron chi connectivity index (χ1n) is 3.47. The molecule has 3 nitrogen and oxygen atoms in total. The van der Waals surface area contributed by atoms with Gasteiger partial charge in [-0.05, 0) is 13.3 Å². The van der Waals surface area contributed by atoms with E-state index in [0.717, 1.165) is 12.7 Å². The largest absolute Gasteiger partial charge is 0.347 e. The van der Waals surface area contributed by atoms with Crippen molar-refractivity contribution in [1.82, 2.24) is 0 Å². The molecule has 1 unspecified atom stereocenters. The Kier molecular flexibility index (Phi) is 2.06. The maximum Gasteiger partial charge on any atom is 0.166 e. The topological polar surface area (TPSA) is 35.5 Å². The van der Waals surface area contributed by atoms with Crippen molar-refractivity contribution in [3.63, 3.8) is 0 Å². The lowest BCUT2D eigenvalue weighted by atomic mass is 10.2. The fourth-order valence-corrected chi connectivity index (χ4v) is 0.899. The van der Waals surface area contributed by atoms with Crippen LogP contribution >= 0.6 is 0 Å². The molecular formula is C7H12O3. The summed E-state index contributed by atoms with van der Waals surface area (Å²) in [5.41, 5.74) is 0. The van der Waals surface area contributed by atoms with E-state index in [1.807, 2.05) is 13.8 Å². The first-order valence-corrected chi connectivity index (χ1v) is 3.47. The molecule has 0 aromatic rings. The zero-order valence-electron chi connectivity index (χ0n) is 6.29. The summed E-state index contributed by atoms with van der Waals surface area (Å²) in [7, 11) is 0. The van der Waals surface area contributed by atoms with E-state index in [-0.39, 0.29) is 6.10 Å². The highest BCUT2D eigenvalue weighted by Gasteiger charge is 2.34. The molecule has 0 aliphatic carbocycles. The van der Waals surface area contributed by atoms with Gasteiger partial charge in [0.2, 0.25) is 0 Å². The number of hydrogen-bond acceptors (Lipinski definition) is 3. The van der Waals surface area contributed by atoms with Gasteiger partial charge in [0.25, 0.3) is 0 Å². The van der Waals surface area contributed by atoms with E-state index < -0.39 is 5.79 Å². The Morgan fingerprint density at radius 1 is 1.80 bits per heavy atom.